The third-order valence-electron chi connectivity index (χ3n) is 3.77. The van der Waals surface area contributed by atoms with Crippen LogP contribution in [0.4, 0.5) is 0 Å². The second-order valence-corrected chi connectivity index (χ2v) is 5.19. The highest BCUT2D eigenvalue weighted by molar-refractivity contribution is 5.89. The monoisotopic (exact) mass is 270 g/mol. The number of carbonyl (C=O) groups excluding carboxylic acids is 2. The molecule has 2 rings (SSSR count). The standard InChI is InChI=1S/C13H22N2O4/c1-10(9-18-2)15-8-11(7-12(15)16)13(17)14-3-5-19-6-4-14/h10-11H,3-9H2,1-2H3/t10-,11+/m0/s1. The molecule has 0 bridgehead atoms. The molecular weight excluding hydrogens is 248 g/mol. The van der Waals surface area contributed by atoms with Gasteiger partial charge < -0.3 is 19.3 Å². The minimum Gasteiger partial charge on any atom is -0.383 e. The predicted octanol–water partition coefficient (Wildman–Crippen LogP) is -0.271. The van der Waals surface area contributed by atoms with Gasteiger partial charge in [-0.25, -0.2) is 0 Å². The van der Waals surface area contributed by atoms with Crippen LogP contribution in [0.3, 0.4) is 0 Å². The highest BCUT2D eigenvalue weighted by Crippen LogP contribution is 2.22. The molecule has 2 aliphatic heterocycles. The number of amides is 2. The van der Waals surface area contributed by atoms with Crippen molar-refractivity contribution in [1.29, 1.82) is 0 Å². The van der Waals surface area contributed by atoms with Crippen molar-refractivity contribution in [3.8, 4) is 0 Å². The molecule has 0 aromatic heterocycles. The fourth-order valence-corrected chi connectivity index (χ4v) is 2.70. The summed E-state index contributed by atoms with van der Waals surface area (Å²) in [6, 6.07) is 0.0278. The first-order chi connectivity index (χ1) is 9.13. The fourth-order valence-electron chi connectivity index (χ4n) is 2.70. The van der Waals surface area contributed by atoms with Crippen molar-refractivity contribution in [2.45, 2.75) is 19.4 Å². The van der Waals surface area contributed by atoms with Gasteiger partial charge in [0.25, 0.3) is 0 Å². The molecule has 0 aliphatic carbocycles. The number of nitrogens with zero attached hydrogens (tertiary/aromatic N) is 2. The summed E-state index contributed by atoms with van der Waals surface area (Å²) in [5, 5.41) is 0. The van der Waals surface area contributed by atoms with E-state index in [0.29, 0.717) is 45.9 Å². The van der Waals surface area contributed by atoms with E-state index < -0.39 is 0 Å². The Kier molecular flexibility index (Phi) is 4.76. The maximum absolute atomic E-state index is 12.3. The Balaban J connectivity index is 1.92. The minimum absolute atomic E-state index is 0.0278. The first-order valence-electron chi connectivity index (χ1n) is 6.78. The summed E-state index contributed by atoms with van der Waals surface area (Å²) < 4.78 is 10.3. The van der Waals surface area contributed by atoms with E-state index in [1.807, 2.05) is 11.8 Å². The van der Waals surface area contributed by atoms with Crippen LogP contribution in [0.25, 0.3) is 0 Å². The molecule has 0 saturated carbocycles. The molecule has 19 heavy (non-hydrogen) atoms. The number of hydrogen-bond acceptors (Lipinski definition) is 4. The topological polar surface area (TPSA) is 59.1 Å². The van der Waals surface area contributed by atoms with Crippen molar-refractivity contribution in [3.63, 3.8) is 0 Å². The molecule has 6 nitrogen and oxygen atoms in total. The summed E-state index contributed by atoms with van der Waals surface area (Å²) in [5.41, 5.74) is 0. The SMILES string of the molecule is COC[C@H](C)N1C[C@H](C(=O)N2CCOCC2)CC1=O. The molecule has 108 valence electrons. The van der Waals surface area contributed by atoms with Gasteiger partial charge in [0.2, 0.25) is 11.8 Å². The number of methoxy groups -OCH3 is 1. The van der Waals surface area contributed by atoms with Crippen LogP contribution < -0.4 is 0 Å². The second kappa shape index (κ2) is 6.34. The van der Waals surface area contributed by atoms with E-state index in [1.54, 1.807) is 12.0 Å². The molecule has 2 amide bonds. The molecule has 0 aromatic carbocycles. The molecular formula is C13H22N2O4. The molecule has 0 aromatic rings. The van der Waals surface area contributed by atoms with Crippen LogP contribution in [0, 0.1) is 5.92 Å². The zero-order chi connectivity index (χ0) is 13.8. The third kappa shape index (κ3) is 3.25. The highest BCUT2D eigenvalue weighted by atomic mass is 16.5. The van der Waals surface area contributed by atoms with Crippen molar-refractivity contribution in [1.82, 2.24) is 9.80 Å². The van der Waals surface area contributed by atoms with Gasteiger partial charge in [-0.3, -0.25) is 9.59 Å². The van der Waals surface area contributed by atoms with Crippen LogP contribution in [0.15, 0.2) is 0 Å². The third-order valence-corrected chi connectivity index (χ3v) is 3.77. The Morgan fingerprint density at radius 2 is 2.16 bits per heavy atom. The molecule has 2 saturated heterocycles. The smallest absolute Gasteiger partial charge is 0.228 e. The Bertz CT molecular complexity index is 342. The zero-order valence-corrected chi connectivity index (χ0v) is 11.6. The summed E-state index contributed by atoms with van der Waals surface area (Å²) in [6.45, 7) is 5.42. The average Bonchev–Trinajstić information content (AvgIpc) is 2.81. The van der Waals surface area contributed by atoms with Crippen LogP contribution in [-0.2, 0) is 19.1 Å². The highest BCUT2D eigenvalue weighted by Gasteiger charge is 2.38. The van der Waals surface area contributed by atoms with Gasteiger partial charge in [0.1, 0.15) is 0 Å². The van der Waals surface area contributed by atoms with E-state index in [-0.39, 0.29) is 23.8 Å². The van der Waals surface area contributed by atoms with Crippen LogP contribution in [0.5, 0.6) is 0 Å². The van der Waals surface area contributed by atoms with Gasteiger partial charge in [0.05, 0.1) is 31.8 Å². The second-order valence-electron chi connectivity index (χ2n) is 5.19. The summed E-state index contributed by atoms with van der Waals surface area (Å²) >= 11 is 0. The Morgan fingerprint density at radius 1 is 1.47 bits per heavy atom. The molecule has 2 heterocycles. The van der Waals surface area contributed by atoms with Crippen LogP contribution in [0.1, 0.15) is 13.3 Å². The van der Waals surface area contributed by atoms with E-state index in [9.17, 15) is 9.59 Å². The van der Waals surface area contributed by atoms with Crippen LogP contribution in [0.2, 0.25) is 0 Å². The summed E-state index contributed by atoms with van der Waals surface area (Å²) in [6.07, 6.45) is 0.324. The molecule has 2 aliphatic rings. The van der Waals surface area contributed by atoms with Gasteiger partial charge in [-0.05, 0) is 6.92 Å². The van der Waals surface area contributed by atoms with Crippen molar-refractivity contribution >= 4 is 11.8 Å². The van der Waals surface area contributed by atoms with Gasteiger partial charge in [-0.2, -0.15) is 0 Å². The molecule has 0 N–H and O–H groups in total. The lowest BCUT2D eigenvalue weighted by Gasteiger charge is -2.29. The molecule has 0 unspecified atom stereocenters. The van der Waals surface area contributed by atoms with Gasteiger partial charge in [0, 0.05) is 33.2 Å². The summed E-state index contributed by atoms with van der Waals surface area (Å²) in [7, 11) is 1.62. The number of ether oxygens (including phenoxy) is 2. The fraction of sp³-hybridized carbons (Fsp3) is 0.846. The predicted molar refractivity (Wildman–Crippen MR) is 68.6 cm³/mol. The van der Waals surface area contributed by atoms with E-state index >= 15 is 0 Å². The lowest BCUT2D eigenvalue weighted by atomic mass is 10.1. The Hall–Kier alpha value is -1.14. The van der Waals surface area contributed by atoms with Gasteiger partial charge in [-0.15, -0.1) is 0 Å². The Labute approximate surface area is 113 Å². The number of likely N-dealkylation sites (tertiary alicyclic amines) is 1. The van der Waals surface area contributed by atoms with Crippen molar-refractivity contribution in [2.24, 2.45) is 5.92 Å². The minimum atomic E-state index is -0.204. The van der Waals surface area contributed by atoms with Gasteiger partial charge in [-0.1, -0.05) is 0 Å². The van der Waals surface area contributed by atoms with Crippen molar-refractivity contribution < 1.29 is 19.1 Å². The van der Waals surface area contributed by atoms with E-state index in [0.717, 1.165) is 0 Å². The van der Waals surface area contributed by atoms with Crippen molar-refractivity contribution in [3.05, 3.63) is 0 Å². The van der Waals surface area contributed by atoms with E-state index in [2.05, 4.69) is 0 Å². The molecule has 0 spiro atoms. The quantitative estimate of drug-likeness (QED) is 0.705. The summed E-state index contributed by atoms with van der Waals surface area (Å²) in [5.74, 6) is -0.0650. The lowest BCUT2D eigenvalue weighted by molar-refractivity contribution is -0.139. The van der Waals surface area contributed by atoms with E-state index in [4.69, 9.17) is 9.47 Å². The molecule has 6 heteroatoms. The zero-order valence-electron chi connectivity index (χ0n) is 11.6. The number of hydrogen-bond donors (Lipinski definition) is 0. The first kappa shape index (κ1) is 14.3. The normalized spacial score (nSPS) is 25.8. The largest absolute Gasteiger partial charge is 0.383 e. The number of rotatable bonds is 4. The maximum Gasteiger partial charge on any atom is 0.228 e. The lowest BCUT2D eigenvalue weighted by Crippen LogP contribution is -2.45. The van der Waals surface area contributed by atoms with Gasteiger partial charge in [0.15, 0.2) is 0 Å². The molecule has 2 atom stereocenters. The molecule has 0 radical (unpaired) electrons. The summed E-state index contributed by atoms with van der Waals surface area (Å²) in [4.78, 5) is 27.9. The number of morpholine rings is 1. The average molecular weight is 270 g/mol. The van der Waals surface area contributed by atoms with Crippen LogP contribution in [-0.4, -0.2) is 74.2 Å². The van der Waals surface area contributed by atoms with E-state index in [1.165, 1.54) is 0 Å². The van der Waals surface area contributed by atoms with Crippen molar-refractivity contribution in [2.75, 3.05) is 46.6 Å². The van der Waals surface area contributed by atoms with Gasteiger partial charge >= 0.3 is 0 Å². The molecule has 2 fully saturated rings. The van der Waals surface area contributed by atoms with Crippen LogP contribution >= 0.6 is 0 Å². The first-order valence-corrected chi connectivity index (χ1v) is 6.78. The Morgan fingerprint density at radius 3 is 2.79 bits per heavy atom. The maximum atomic E-state index is 12.3. The number of carbonyl (C=O) groups is 2.